The van der Waals surface area contributed by atoms with Crippen molar-refractivity contribution in [3.63, 3.8) is 0 Å². The summed E-state index contributed by atoms with van der Waals surface area (Å²) in [6.45, 7) is 3.83. The van der Waals surface area contributed by atoms with Crippen molar-refractivity contribution in [1.82, 2.24) is 30.2 Å². The number of anilines is 1. The first-order valence-corrected chi connectivity index (χ1v) is 23.5. The Morgan fingerprint density at radius 1 is 1.03 bits per heavy atom. The molecule has 0 aromatic carbocycles. The Balaban J connectivity index is 1.42. The van der Waals surface area contributed by atoms with Crippen LogP contribution in [0.3, 0.4) is 0 Å². The third-order valence-electron chi connectivity index (χ3n) is 8.53. The van der Waals surface area contributed by atoms with E-state index < -0.39 is 84.6 Å². The molecule has 6 N–H and O–H groups in total. The predicted molar refractivity (Wildman–Crippen MR) is 201 cm³/mol. The first-order chi connectivity index (χ1) is 27.6. The van der Waals surface area contributed by atoms with Gasteiger partial charge in [-0.05, 0) is 19.3 Å². The molecule has 0 spiro atoms. The highest BCUT2D eigenvalue weighted by atomic mass is 32.2. The molecule has 7 atom stereocenters. The lowest BCUT2D eigenvalue weighted by Gasteiger charge is -2.36. The number of nitrogen functional groups attached to an aromatic ring is 1. The standard InChI is InChI=1S/C31H52N7O17P3S/c1-4-5-6-7-8-9-10-11-22(40)59-15-14-33-21(39)12-13-34-29(43)26(42)31(2,3)17-52-58(49,50)55-57(47,48)51-16-20-25(54-56(44,45)46)24(41)30(53-20)38-19-37-23-27(32)35-18-36-28(23)38/h4,18-20,24-26,30,41-42H,1,5-17H2,2-3H3,(H,33,39)(H,34,43)(H,47,48)(H,49,50)(H2,32,35,36)(H2,44,45,46)/p-4/t20-,24-,25-,26+,30-/m1/s1. The first-order valence-electron chi connectivity index (χ1n) is 18.1. The number of nitrogens with two attached hydrogens (primary N) is 1. The molecule has 59 heavy (non-hydrogen) atoms. The van der Waals surface area contributed by atoms with Crippen molar-refractivity contribution in [1.29, 1.82) is 0 Å². The molecule has 2 aromatic heterocycles. The lowest BCUT2D eigenvalue weighted by atomic mass is 9.87. The second-order valence-electron chi connectivity index (χ2n) is 13.8. The van der Waals surface area contributed by atoms with Crippen molar-refractivity contribution < 1.29 is 80.5 Å². The summed E-state index contributed by atoms with van der Waals surface area (Å²) in [6, 6.07) is 0. The van der Waals surface area contributed by atoms with Gasteiger partial charge >= 0.3 is 0 Å². The maximum atomic E-state index is 12.6. The lowest BCUT2D eigenvalue weighted by molar-refractivity contribution is -0.347. The number of hydrogen-bond donors (Lipinski definition) is 5. The Bertz CT molecular complexity index is 1880. The summed E-state index contributed by atoms with van der Waals surface area (Å²) >= 11 is 1.12. The van der Waals surface area contributed by atoms with E-state index in [0.717, 1.165) is 67.5 Å². The lowest BCUT2D eigenvalue weighted by Crippen LogP contribution is -2.46. The van der Waals surface area contributed by atoms with Gasteiger partial charge in [-0.2, -0.15) is 0 Å². The van der Waals surface area contributed by atoms with Crippen LogP contribution in [0, 0.1) is 5.41 Å². The van der Waals surface area contributed by atoms with Crippen LogP contribution in [0.15, 0.2) is 25.3 Å². The number of aliphatic hydroxyl groups excluding tert-OH is 2. The Kier molecular flexibility index (Phi) is 19.7. The van der Waals surface area contributed by atoms with Gasteiger partial charge in [-0.25, -0.2) is 19.3 Å². The van der Waals surface area contributed by atoms with Gasteiger partial charge in [0.1, 0.15) is 36.3 Å². The molecule has 1 saturated heterocycles. The summed E-state index contributed by atoms with van der Waals surface area (Å²) in [4.78, 5) is 96.2. The second-order valence-corrected chi connectivity index (χ2v) is 19.0. The fraction of sp³-hybridized carbons (Fsp3) is 0.677. The van der Waals surface area contributed by atoms with Crippen molar-refractivity contribution in [3.8, 4) is 0 Å². The summed E-state index contributed by atoms with van der Waals surface area (Å²) in [6.07, 6.45) is 0.755. The molecule has 1 aliphatic rings. The highest BCUT2D eigenvalue weighted by Gasteiger charge is 2.47. The average Bonchev–Trinajstić information content (AvgIpc) is 3.71. The van der Waals surface area contributed by atoms with E-state index in [2.05, 4.69) is 50.0 Å². The Morgan fingerprint density at radius 3 is 2.41 bits per heavy atom. The smallest absolute Gasteiger partial charge is 0.274 e. The first kappa shape index (κ1) is 50.7. The van der Waals surface area contributed by atoms with E-state index >= 15 is 0 Å². The number of nitrogens with zero attached hydrogens (tertiary/aromatic N) is 4. The number of carbonyl (C=O) groups excluding carboxylic acids is 3. The van der Waals surface area contributed by atoms with Gasteiger partial charge in [0.15, 0.2) is 22.8 Å². The maximum absolute atomic E-state index is 12.6. The summed E-state index contributed by atoms with van der Waals surface area (Å²) in [5.74, 6) is -1.16. The van der Waals surface area contributed by atoms with Crippen molar-refractivity contribution in [3.05, 3.63) is 25.3 Å². The zero-order valence-electron chi connectivity index (χ0n) is 32.2. The molecule has 2 amide bonds. The van der Waals surface area contributed by atoms with Gasteiger partial charge in [-0.15, -0.1) is 6.58 Å². The summed E-state index contributed by atoms with van der Waals surface area (Å²) in [7, 11) is -17.6. The predicted octanol–water partition coefficient (Wildman–Crippen LogP) is -0.947. The van der Waals surface area contributed by atoms with Gasteiger partial charge < -0.3 is 69.0 Å². The minimum Gasteiger partial charge on any atom is -0.790 e. The minimum atomic E-state index is -5.91. The Morgan fingerprint density at radius 2 is 1.71 bits per heavy atom. The SMILES string of the molecule is C=CCCCCCCCC(=O)SCCNC(=O)CCNC(=O)[C@H](O)C(C)(C)COP(=O)([O-])OP(=O)([O-])OC[C@H]1O[C@@H](n2cnc3c(N)ncnc32)[C@H](O)[C@@H]1OP(=O)([O-])[O-]. The zero-order chi connectivity index (χ0) is 44.0. The monoisotopic (exact) mass is 915 g/mol. The van der Waals surface area contributed by atoms with Crippen molar-refractivity contribution in [2.75, 3.05) is 37.8 Å². The van der Waals surface area contributed by atoms with Crippen LogP contribution in [0.4, 0.5) is 5.82 Å². The summed E-state index contributed by atoms with van der Waals surface area (Å²) < 4.78 is 60.6. The number of fused-ring (bicyclic) bond motifs is 1. The van der Waals surface area contributed by atoms with E-state index in [1.807, 2.05) is 6.08 Å². The topological polar surface area (TPSA) is 375 Å². The van der Waals surface area contributed by atoms with Crippen LogP contribution in [-0.2, 0) is 50.7 Å². The number of hydrogen-bond acceptors (Lipinski definition) is 22. The number of phosphoric acid groups is 3. The highest BCUT2D eigenvalue weighted by molar-refractivity contribution is 8.13. The number of allylic oxidation sites excluding steroid dienone is 1. The van der Waals surface area contributed by atoms with Crippen LogP contribution in [-0.4, -0.2) is 103 Å². The zero-order valence-corrected chi connectivity index (χ0v) is 35.7. The molecule has 24 nitrogen and oxygen atoms in total. The van der Waals surface area contributed by atoms with Crippen LogP contribution in [0.5, 0.6) is 0 Å². The van der Waals surface area contributed by atoms with Crippen LogP contribution >= 0.6 is 35.2 Å². The van der Waals surface area contributed by atoms with E-state index in [1.165, 1.54) is 13.8 Å². The third-order valence-corrected chi connectivity index (χ3v) is 12.5. The molecule has 0 saturated carbocycles. The molecule has 3 rings (SSSR count). The van der Waals surface area contributed by atoms with E-state index in [0.29, 0.717) is 12.2 Å². The number of nitrogens with one attached hydrogen (secondary N) is 2. The largest absolute Gasteiger partial charge is 0.790 e. The molecule has 0 bridgehead atoms. The van der Waals surface area contributed by atoms with Crippen LogP contribution in [0.1, 0.15) is 71.4 Å². The average molecular weight is 916 g/mol. The molecule has 2 unspecified atom stereocenters. The number of carbonyl (C=O) groups is 3. The molecular weight excluding hydrogens is 867 g/mol. The minimum absolute atomic E-state index is 0.0204. The number of aliphatic hydroxyl groups is 2. The van der Waals surface area contributed by atoms with Crippen molar-refractivity contribution >= 4 is 69.1 Å². The number of ether oxygens (including phenoxy) is 1. The van der Waals surface area contributed by atoms with Crippen LogP contribution in [0.2, 0.25) is 0 Å². The van der Waals surface area contributed by atoms with Gasteiger partial charge in [0, 0.05) is 37.1 Å². The number of unbranched alkanes of at least 4 members (excludes halogenated alkanes) is 5. The van der Waals surface area contributed by atoms with Crippen LogP contribution in [0.25, 0.3) is 11.2 Å². The number of aromatic nitrogens is 4. The molecule has 0 radical (unpaired) electrons. The molecule has 334 valence electrons. The highest BCUT2D eigenvalue weighted by Crippen LogP contribution is 2.56. The summed E-state index contributed by atoms with van der Waals surface area (Å²) in [5, 5.41) is 26.3. The van der Waals surface area contributed by atoms with E-state index in [4.69, 9.17) is 10.5 Å². The number of phosphoric ester groups is 3. The van der Waals surface area contributed by atoms with E-state index in [1.54, 1.807) is 0 Å². The quantitative estimate of drug-likeness (QED) is 0.0410. The Labute approximate surface area is 343 Å². The molecule has 0 aliphatic carbocycles. The molecular formula is C31H48N7O17P3S-4. The molecule has 1 aliphatic heterocycles. The van der Waals surface area contributed by atoms with Gasteiger partial charge in [0.25, 0.3) is 15.6 Å². The van der Waals surface area contributed by atoms with Crippen molar-refractivity contribution in [2.24, 2.45) is 5.41 Å². The number of rotatable bonds is 27. The number of imidazole rings is 1. The van der Waals surface area contributed by atoms with Gasteiger partial charge in [-0.3, -0.25) is 28.1 Å². The third kappa shape index (κ3) is 16.9. The number of amides is 2. The van der Waals surface area contributed by atoms with Crippen LogP contribution < -0.4 is 35.9 Å². The normalized spacial score (nSPS) is 21.1. The summed E-state index contributed by atoms with van der Waals surface area (Å²) in [5.41, 5.74) is 4.08. The Hall–Kier alpha value is -2.70. The molecule has 3 heterocycles. The van der Waals surface area contributed by atoms with Crippen molar-refractivity contribution in [2.45, 2.75) is 95.9 Å². The number of thioether (sulfide) groups is 1. The second kappa shape index (κ2) is 22.9. The molecule has 2 aromatic rings. The van der Waals surface area contributed by atoms with Gasteiger partial charge in [-0.1, -0.05) is 50.9 Å². The fourth-order valence-corrected chi connectivity index (χ4v) is 8.89. The van der Waals surface area contributed by atoms with Gasteiger partial charge in [0.2, 0.25) is 11.8 Å². The fourth-order valence-electron chi connectivity index (χ4n) is 5.43. The van der Waals surface area contributed by atoms with Gasteiger partial charge in [0.05, 0.1) is 27.4 Å². The van der Waals surface area contributed by atoms with E-state index in [9.17, 15) is 57.9 Å². The molecule has 28 heteroatoms. The van der Waals surface area contributed by atoms with E-state index in [-0.39, 0.29) is 41.6 Å². The maximum Gasteiger partial charge on any atom is 0.274 e. The molecule has 1 fully saturated rings.